The molecule has 0 unspecified atom stereocenters. The highest BCUT2D eigenvalue weighted by Gasteiger charge is 2.82. The van der Waals surface area contributed by atoms with Gasteiger partial charge in [-0.25, -0.2) is 9.69 Å². The highest BCUT2D eigenvalue weighted by Crippen LogP contribution is 2.74. The van der Waals surface area contributed by atoms with Crippen LogP contribution >= 0.6 is 0 Å². The number of carbonyl (C=O) groups is 4. The lowest BCUT2D eigenvalue weighted by Crippen LogP contribution is -2.45. The van der Waals surface area contributed by atoms with Crippen LogP contribution in [0.2, 0.25) is 0 Å². The van der Waals surface area contributed by atoms with Crippen LogP contribution in [-0.4, -0.2) is 28.7 Å². The van der Waals surface area contributed by atoms with Gasteiger partial charge < -0.3 is 5.11 Å². The van der Waals surface area contributed by atoms with Crippen LogP contribution in [0.15, 0.2) is 133 Å². The molecular formula is C42H31NO5. The number of amides is 2. The zero-order valence-corrected chi connectivity index (χ0v) is 26.4. The highest BCUT2D eigenvalue weighted by molar-refractivity contribution is 6.39. The lowest BCUT2D eigenvalue weighted by atomic mass is 9.59. The number of aryl methyl sites for hydroxylation is 2. The number of benzene rings is 5. The minimum absolute atomic E-state index is 0.0430. The topological polar surface area (TPSA) is 91.8 Å². The summed E-state index contributed by atoms with van der Waals surface area (Å²) in [7, 11) is 0. The Hall–Kier alpha value is -5.88. The lowest BCUT2D eigenvalue weighted by molar-refractivity contribution is -0.130. The predicted molar refractivity (Wildman–Crippen MR) is 183 cm³/mol. The molecule has 1 heterocycles. The Morgan fingerprint density at radius 2 is 1.02 bits per heavy atom. The summed E-state index contributed by atoms with van der Waals surface area (Å²) in [6.07, 6.45) is 0. The lowest BCUT2D eigenvalue weighted by Gasteiger charge is -2.39. The SMILES string of the molecule is Cc1ccc(C2=C(c3ccc(C)cc3)[C@@]3(c4ccccc4)C(=O)[C@@]2(c2ccccc2)[C@@H]2C(=O)N(c4cccc(C(=O)O)c4)C(=O)[C@H]23)cc1. The number of hydrogen-bond acceptors (Lipinski definition) is 4. The molecule has 6 heteroatoms. The van der Waals surface area contributed by atoms with Gasteiger partial charge in [-0.1, -0.05) is 126 Å². The van der Waals surface area contributed by atoms with Crippen LogP contribution in [0.1, 0.15) is 43.7 Å². The summed E-state index contributed by atoms with van der Waals surface area (Å²) in [5, 5.41) is 9.77. The second-order valence-electron chi connectivity index (χ2n) is 13.0. The third-order valence-corrected chi connectivity index (χ3v) is 10.5. The van der Waals surface area contributed by atoms with Crippen LogP contribution in [0.3, 0.4) is 0 Å². The number of carbonyl (C=O) groups excluding carboxylic acids is 3. The van der Waals surface area contributed by atoms with Crippen molar-refractivity contribution in [3.8, 4) is 0 Å². The number of fused-ring (bicyclic) bond motifs is 5. The zero-order valence-electron chi connectivity index (χ0n) is 26.4. The Kier molecular flexibility index (Phi) is 6.50. The fraction of sp³-hybridized carbons (Fsp3) is 0.143. The van der Waals surface area contributed by atoms with E-state index in [1.807, 2.05) is 123 Å². The van der Waals surface area contributed by atoms with Gasteiger partial charge >= 0.3 is 5.97 Å². The first-order valence-electron chi connectivity index (χ1n) is 16.0. The summed E-state index contributed by atoms with van der Waals surface area (Å²) in [6.45, 7) is 4.00. The maximum atomic E-state index is 16.0. The summed E-state index contributed by atoms with van der Waals surface area (Å²) in [5.41, 5.74) is 3.50. The van der Waals surface area contributed by atoms with E-state index in [-0.39, 0.29) is 17.0 Å². The van der Waals surface area contributed by atoms with Crippen molar-refractivity contribution in [2.75, 3.05) is 4.90 Å². The molecule has 1 N–H and O–H groups in total. The smallest absolute Gasteiger partial charge is 0.335 e. The molecule has 1 aliphatic heterocycles. The van der Waals surface area contributed by atoms with Gasteiger partial charge in [0.15, 0.2) is 5.78 Å². The molecule has 1 saturated carbocycles. The summed E-state index contributed by atoms with van der Waals surface area (Å²) >= 11 is 0. The summed E-state index contributed by atoms with van der Waals surface area (Å²) in [4.78, 5) is 59.2. The maximum absolute atomic E-state index is 16.0. The van der Waals surface area contributed by atoms with Crippen molar-refractivity contribution in [2.45, 2.75) is 24.7 Å². The average Bonchev–Trinajstić information content (AvgIpc) is 3.62. The van der Waals surface area contributed by atoms with Gasteiger partial charge in [0, 0.05) is 0 Å². The van der Waals surface area contributed by atoms with E-state index in [1.54, 1.807) is 6.07 Å². The predicted octanol–water partition coefficient (Wildman–Crippen LogP) is 7.19. The van der Waals surface area contributed by atoms with Gasteiger partial charge in [-0.2, -0.15) is 0 Å². The van der Waals surface area contributed by atoms with Crippen molar-refractivity contribution < 1.29 is 24.3 Å². The van der Waals surface area contributed by atoms with Crippen LogP contribution in [0.5, 0.6) is 0 Å². The summed E-state index contributed by atoms with van der Waals surface area (Å²) in [5.74, 6) is -4.57. The van der Waals surface area contributed by atoms with Gasteiger partial charge in [0.25, 0.3) is 0 Å². The number of allylic oxidation sites excluding steroid dienone is 2. The number of nitrogens with zero attached hydrogens (tertiary/aromatic N) is 1. The molecule has 1 saturated heterocycles. The minimum atomic E-state index is -1.52. The number of hydrogen-bond donors (Lipinski definition) is 1. The Balaban J connectivity index is 1.54. The first kappa shape index (κ1) is 29.5. The quantitative estimate of drug-likeness (QED) is 0.201. The maximum Gasteiger partial charge on any atom is 0.335 e. The molecule has 0 spiro atoms. The number of aromatic carboxylic acids is 1. The first-order chi connectivity index (χ1) is 23.2. The normalized spacial score (nSPS) is 24.4. The van der Waals surface area contributed by atoms with E-state index in [9.17, 15) is 9.90 Å². The van der Waals surface area contributed by atoms with E-state index < -0.39 is 40.4 Å². The average molecular weight is 630 g/mol. The van der Waals surface area contributed by atoms with Gasteiger partial charge in [-0.15, -0.1) is 0 Å². The van der Waals surface area contributed by atoms with E-state index in [2.05, 4.69) is 0 Å². The van der Waals surface area contributed by atoms with E-state index in [0.29, 0.717) is 11.1 Å². The van der Waals surface area contributed by atoms with Crippen molar-refractivity contribution in [1.82, 2.24) is 0 Å². The standard InChI is InChI=1S/C42H31NO5/c1-25-16-20-27(21-17-25)33-34(28-22-18-26(2)19-23-28)42(31-13-7-4-8-14-31)36-35(41(33,40(42)48)30-11-5-3-6-12-30)37(44)43(38(36)45)32-15-9-10-29(24-32)39(46)47/h3-24,35-36H,1-2H3,(H,46,47)/t35-,36-,41+,42+/m0/s1. The van der Waals surface area contributed by atoms with Crippen molar-refractivity contribution >= 4 is 40.4 Å². The minimum Gasteiger partial charge on any atom is -0.478 e. The van der Waals surface area contributed by atoms with Gasteiger partial charge in [-0.3, -0.25) is 14.4 Å². The Morgan fingerprint density at radius 1 is 0.583 bits per heavy atom. The molecule has 3 aliphatic rings. The number of rotatable bonds is 6. The molecule has 2 aliphatic carbocycles. The number of ketones is 1. The van der Waals surface area contributed by atoms with Crippen LogP contribution < -0.4 is 4.90 Å². The molecule has 5 aromatic rings. The van der Waals surface area contributed by atoms with Gasteiger partial charge in [0.1, 0.15) is 0 Å². The van der Waals surface area contributed by atoms with Crippen molar-refractivity contribution in [1.29, 1.82) is 0 Å². The molecule has 0 aromatic heterocycles. The third-order valence-electron chi connectivity index (χ3n) is 10.5. The monoisotopic (exact) mass is 629 g/mol. The number of carboxylic acid groups (broad SMARTS) is 1. The van der Waals surface area contributed by atoms with Crippen molar-refractivity contribution in [2.24, 2.45) is 11.8 Å². The second-order valence-corrected chi connectivity index (χ2v) is 13.0. The van der Waals surface area contributed by atoms with Crippen molar-refractivity contribution in [3.05, 3.63) is 172 Å². The Bertz CT molecular complexity index is 2060. The molecular weight excluding hydrogens is 598 g/mol. The van der Waals surface area contributed by atoms with E-state index in [4.69, 9.17) is 0 Å². The Labute approximate surface area is 278 Å². The number of anilines is 1. The van der Waals surface area contributed by atoms with Crippen LogP contribution in [0, 0.1) is 25.7 Å². The number of carboxylic acids is 1. The zero-order chi connectivity index (χ0) is 33.4. The van der Waals surface area contributed by atoms with Crippen LogP contribution in [0.4, 0.5) is 5.69 Å². The molecule has 48 heavy (non-hydrogen) atoms. The molecule has 234 valence electrons. The van der Waals surface area contributed by atoms with E-state index in [1.165, 1.54) is 18.2 Å². The van der Waals surface area contributed by atoms with E-state index >= 15 is 14.4 Å². The first-order valence-corrected chi connectivity index (χ1v) is 16.0. The second kappa shape index (κ2) is 10.6. The molecule has 8 rings (SSSR count). The molecule has 0 radical (unpaired) electrons. The number of imide groups is 1. The molecule has 2 bridgehead atoms. The number of Topliss-reactive ketones (excluding diaryl/α,β-unsaturated/α-hetero) is 1. The van der Waals surface area contributed by atoms with Crippen LogP contribution in [-0.2, 0) is 25.2 Å². The fourth-order valence-electron chi connectivity index (χ4n) is 8.60. The third kappa shape index (κ3) is 3.74. The highest BCUT2D eigenvalue weighted by atomic mass is 16.4. The largest absolute Gasteiger partial charge is 0.478 e. The van der Waals surface area contributed by atoms with E-state index in [0.717, 1.165) is 38.3 Å². The molecule has 2 fully saturated rings. The van der Waals surface area contributed by atoms with Gasteiger partial charge in [0.2, 0.25) is 11.8 Å². The molecule has 5 aromatic carbocycles. The van der Waals surface area contributed by atoms with Gasteiger partial charge in [-0.05, 0) is 65.4 Å². The Morgan fingerprint density at radius 3 is 1.44 bits per heavy atom. The van der Waals surface area contributed by atoms with Gasteiger partial charge in [0.05, 0.1) is 33.9 Å². The molecule has 2 amide bonds. The summed E-state index contributed by atoms with van der Waals surface area (Å²) < 4.78 is 0. The van der Waals surface area contributed by atoms with Crippen LogP contribution in [0.25, 0.3) is 11.1 Å². The fourth-order valence-corrected chi connectivity index (χ4v) is 8.60. The summed E-state index contributed by atoms with van der Waals surface area (Å²) in [6, 6.07) is 40.6. The molecule has 6 nitrogen and oxygen atoms in total. The molecule has 4 atom stereocenters. The van der Waals surface area contributed by atoms with Crippen molar-refractivity contribution in [3.63, 3.8) is 0 Å².